The number of β-amino-alcohol motifs (C(OH)–C–C–N with tert-alkyl or cyclic N) is 1. The summed E-state index contributed by atoms with van der Waals surface area (Å²) in [5.41, 5.74) is 4.27. The molecule has 2 aromatic carbocycles. The molecule has 0 bridgehead atoms. The molecule has 0 radical (unpaired) electrons. The van der Waals surface area contributed by atoms with Gasteiger partial charge in [0.15, 0.2) is 6.61 Å². The van der Waals surface area contributed by atoms with E-state index in [1.165, 1.54) is 12.1 Å². The van der Waals surface area contributed by atoms with Crippen LogP contribution in [0.1, 0.15) is 28.7 Å². The van der Waals surface area contributed by atoms with Gasteiger partial charge < -0.3 is 15.2 Å². The number of hydrogen-bond acceptors (Lipinski definition) is 6. The van der Waals surface area contributed by atoms with Gasteiger partial charge in [-0.25, -0.2) is 8.42 Å². The molecule has 1 unspecified atom stereocenters. The number of aliphatic hydroxyl groups is 1. The lowest BCUT2D eigenvalue weighted by Crippen LogP contribution is -2.42. The maximum absolute atomic E-state index is 13.1. The number of nitrogens with zero attached hydrogens (tertiary/aromatic N) is 1. The van der Waals surface area contributed by atoms with Crippen LogP contribution >= 0.6 is 0 Å². The first-order chi connectivity index (χ1) is 15.0. The Labute approximate surface area is 188 Å². The number of anilines is 1. The van der Waals surface area contributed by atoms with Crippen LogP contribution in [-0.4, -0.2) is 55.0 Å². The van der Waals surface area contributed by atoms with Gasteiger partial charge in [-0.05, 0) is 74.2 Å². The number of esters is 1. The van der Waals surface area contributed by atoms with Gasteiger partial charge in [0.2, 0.25) is 10.0 Å². The van der Waals surface area contributed by atoms with Crippen molar-refractivity contribution in [3.8, 4) is 0 Å². The molecule has 2 atom stereocenters. The van der Waals surface area contributed by atoms with Crippen molar-refractivity contribution in [2.45, 2.75) is 51.2 Å². The summed E-state index contributed by atoms with van der Waals surface area (Å²) in [6, 6.07) is 9.04. The minimum atomic E-state index is -4.03. The molecule has 0 spiro atoms. The zero-order valence-corrected chi connectivity index (χ0v) is 19.4. The molecular weight excluding hydrogens is 432 g/mol. The predicted molar refractivity (Wildman–Crippen MR) is 120 cm³/mol. The highest BCUT2D eigenvalue weighted by Gasteiger charge is 2.44. The molecule has 2 N–H and O–H groups in total. The number of carbonyl (C=O) groups is 2. The van der Waals surface area contributed by atoms with Crippen molar-refractivity contribution >= 4 is 27.6 Å². The van der Waals surface area contributed by atoms with Gasteiger partial charge in [-0.2, -0.15) is 4.31 Å². The first-order valence-corrected chi connectivity index (χ1v) is 11.7. The first kappa shape index (κ1) is 23.9. The highest BCUT2D eigenvalue weighted by molar-refractivity contribution is 7.89. The van der Waals surface area contributed by atoms with E-state index in [0.717, 1.165) is 26.6 Å². The Balaban J connectivity index is 1.69. The molecule has 2 aromatic rings. The van der Waals surface area contributed by atoms with Gasteiger partial charge in [-0.15, -0.1) is 0 Å². The Morgan fingerprint density at radius 2 is 1.72 bits per heavy atom. The van der Waals surface area contributed by atoms with Crippen molar-refractivity contribution in [1.82, 2.24) is 4.31 Å². The molecule has 172 valence electrons. The van der Waals surface area contributed by atoms with E-state index in [1.807, 2.05) is 26.8 Å². The summed E-state index contributed by atoms with van der Waals surface area (Å²) < 4.78 is 32.3. The van der Waals surface area contributed by atoms with E-state index in [0.29, 0.717) is 5.69 Å². The number of aryl methyl sites for hydroxylation is 4. The molecular formula is C23H28N2O6S. The molecule has 8 nitrogen and oxygen atoms in total. The number of amides is 1. The van der Waals surface area contributed by atoms with Gasteiger partial charge in [0.1, 0.15) is 6.04 Å². The number of nitrogens with one attached hydrogen (secondary N) is 1. The predicted octanol–water partition coefficient (Wildman–Crippen LogP) is 2.23. The Kier molecular flexibility index (Phi) is 7.02. The molecule has 1 fully saturated rings. The number of carbonyl (C=O) groups excluding carboxylic acids is 2. The molecule has 1 aliphatic rings. The molecule has 3 rings (SSSR count). The van der Waals surface area contributed by atoms with E-state index in [4.69, 9.17) is 4.74 Å². The monoisotopic (exact) mass is 460 g/mol. The second kappa shape index (κ2) is 9.40. The van der Waals surface area contributed by atoms with Crippen LogP contribution in [-0.2, 0) is 24.3 Å². The second-order valence-electron chi connectivity index (χ2n) is 8.26. The van der Waals surface area contributed by atoms with Crippen molar-refractivity contribution in [2.24, 2.45) is 0 Å². The number of rotatable bonds is 6. The van der Waals surface area contributed by atoms with Crippen LogP contribution < -0.4 is 5.32 Å². The average Bonchev–Trinajstić information content (AvgIpc) is 3.10. The number of aliphatic hydroxyl groups excluding tert-OH is 1. The van der Waals surface area contributed by atoms with Gasteiger partial charge in [0, 0.05) is 18.7 Å². The largest absolute Gasteiger partial charge is 0.454 e. The third kappa shape index (κ3) is 5.35. The molecule has 1 heterocycles. The van der Waals surface area contributed by atoms with Crippen LogP contribution in [0.4, 0.5) is 5.69 Å². The number of benzene rings is 2. The van der Waals surface area contributed by atoms with Crippen molar-refractivity contribution in [3.63, 3.8) is 0 Å². The van der Waals surface area contributed by atoms with E-state index >= 15 is 0 Å². The van der Waals surface area contributed by atoms with E-state index in [-0.39, 0.29) is 17.9 Å². The highest BCUT2D eigenvalue weighted by Crippen LogP contribution is 2.28. The molecule has 1 amide bonds. The minimum absolute atomic E-state index is 0.0417. The molecule has 9 heteroatoms. The molecule has 32 heavy (non-hydrogen) atoms. The Morgan fingerprint density at radius 1 is 1.06 bits per heavy atom. The summed E-state index contributed by atoms with van der Waals surface area (Å²) in [6.07, 6.45) is -1.10. The van der Waals surface area contributed by atoms with Crippen LogP contribution in [0.25, 0.3) is 0 Å². The van der Waals surface area contributed by atoms with Crippen LogP contribution in [0.5, 0.6) is 0 Å². The SMILES string of the molecule is Cc1cc(C)cc(NC(=O)COC(=O)[C@@H]2CC(O)CN2S(=O)(=O)c2ccc(C)c(C)c2)c1. The number of sulfonamides is 1. The van der Waals surface area contributed by atoms with Gasteiger partial charge >= 0.3 is 5.97 Å². The second-order valence-corrected chi connectivity index (χ2v) is 10.1. The average molecular weight is 461 g/mol. The van der Waals surface area contributed by atoms with Crippen molar-refractivity contribution < 1.29 is 27.9 Å². The third-order valence-corrected chi connectivity index (χ3v) is 7.31. The normalized spacial score (nSPS) is 19.0. The molecule has 1 saturated heterocycles. The lowest BCUT2D eigenvalue weighted by atomic mass is 10.1. The van der Waals surface area contributed by atoms with Gasteiger partial charge in [0.05, 0.1) is 11.0 Å². The molecule has 0 saturated carbocycles. The van der Waals surface area contributed by atoms with Crippen molar-refractivity contribution in [1.29, 1.82) is 0 Å². The highest BCUT2D eigenvalue weighted by atomic mass is 32.2. The first-order valence-electron chi connectivity index (χ1n) is 10.3. The number of ether oxygens (including phenoxy) is 1. The van der Waals surface area contributed by atoms with Gasteiger partial charge in [-0.3, -0.25) is 9.59 Å². The fourth-order valence-electron chi connectivity index (χ4n) is 3.75. The van der Waals surface area contributed by atoms with E-state index in [1.54, 1.807) is 25.1 Å². The Hall–Kier alpha value is -2.75. The molecule has 0 aromatic heterocycles. The van der Waals surface area contributed by atoms with E-state index < -0.39 is 40.7 Å². The minimum Gasteiger partial charge on any atom is -0.454 e. The summed E-state index contributed by atoms with van der Waals surface area (Å²) in [5.74, 6) is -1.41. The summed E-state index contributed by atoms with van der Waals surface area (Å²) in [7, 11) is -4.03. The summed E-state index contributed by atoms with van der Waals surface area (Å²) in [6.45, 7) is 6.69. The van der Waals surface area contributed by atoms with Gasteiger partial charge in [-0.1, -0.05) is 12.1 Å². The Morgan fingerprint density at radius 3 is 2.34 bits per heavy atom. The van der Waals surface area contributed by atoms with Crippen LogP contribution in [0, 0.1) is 27.7 Å². The lowest BCUT2D eigenvalue weighted by molar-refractivity contribution is -0.150. The smallest absolute Gasteiger partial charge is 0.325 e. The quantitative estimate of drug-likeness (QED) is 0.639. The van der Waals surface area contributed by atoms with Gasteiger partial charge in [0.25, 0.3) is 5.91 Å². The van der Waals surface area contributed by atoms with Crippen LogP contribution in [0.15, 0.2) is 41.3 Å². The maximum Gasteiger partial charge on any atom is 0.325 e. The lowest BCUT2D eigenvalue weighted by Gasteiger charge is -2.22. The summed E-state index contributed by atoms with van der Waals surface area (Å²) >= 11 is 0. The topological polar surface area (TPSA) is 113 Å². The summed E-state index contributed by atoms with van der Waals surface area (Å²) in [4.78, 5) is 24.9. The van der Waals surface area contributed by atoms with Crippen LogP contribution in [0.3, 0.4) is 0 Å². The fraction of sp³-hybridized carbons (Fsp3) is 0.391. The third-order valence-electron chi connectivity index (χ3n) is 5.44. The van der Waals surface area contributed by atoms with Crippen LogP contribution in [0.2, 0.25) is 0 Å². The zero-order chi connectivity index (χ0) is 23.6. The van der Waals surface area contributed by atoms with Crippen molar-refractivity contribution in [3.05, 3.63) is 58.7 Å². The standard InChI is InChI=1S/C23H28N2O6S/c1-14-7-15(2)9-18(8-14)24-22(27)13-31-23(28)21-11-19(26)12-25(21)32(29,30)20-6-5-16(3)17(4)10-20/h5-10,19,21,26H,11-13H2,1-4H3,(H,24,27)/t19?,21-/m0/s1. The summed E-state index contributed by atoms with van der Waals surface area (Å²) in [5, 5.41) is 12.7. The van der Waals surface area contributed by atoms with Crippen molar-refractivity contribution in [2.75, 3.05) is 18.5 Å². The number of hydrogen-bond donors (Lipinski definition) is 2. The Bertz CT molecular complexity index is 1120. The molecule has 0 aliphatic carbocycles. The maximum atomic E-state index is 13.1. The van der Waals surface area contributed by atoms with E-state index in [2.05, 4.69) is 5.32 Å². The molecule has 1 aliphatic heterocycles. The fourth-order valence-corrected chi connectivity index (χ4v) is 5.46. The zero-order valence-electron chi connectivity index (χ0n) is 18.6. The van der Waals surface area contributed by atoms with E-state index in [9.17, 15) is 23.1 Å².